The smallest absolute Gasteiger partial charge is 0.272 e. The molecule has 0 unspecified atom stereocenters. The number of hydrogen-bond acceptors (Lipinski definition) is 4. The summed E-state index contributed by atoms with van der Waals surface area (Å²) in [6, 6.07) is 8.42. The van der Waals surface area contributed by atoms with Crippen LogP contribution in [0.2, 0.25) is 0 Å². The lowest BCUT2D eigenvalue weighted by atomic mass is 9.99. The fraction of sp³-hybridized carbons (Fsp3) is 0.375. The van der Waals surface area contributed by atoms with Crippen molar-refractivity contribution in [1.82, 2.24) is 24.1 Å². The Balaban J connectivity index is 1.24. The second-order valence-electron chi connectivity index (χ2n) is 8.87. The third-order valence-electron chi connectivity index (χ3n) is 6.89. The molecule has 0 aliphatic carbocycles. The minimum absolute atomic E-state index is 0.0295. The molecule has 1 N–H and O–H groups in total. The first-order valence-corrected chi connectivity index (χ1v) is 11.0. The molecular weight excluding hydrogens is 393 g/mol. The van der Waals surface area contributed by atoms with Crippen LogP contribution in [0.1, 0.15) is 16.8 Å². The van der Waals surface area contributed by atoms with Crippen molar-refractivity contribution in [1.29, 1.82) is 0 Å². The number of piperazine rings is 1. The summed E-state index contributed by atoms with van der Waals surface area (Å²) in [5, 5.41) is 0. The Bertz CT molecular complexity index is 1310. The number of hydrogen-bond donors (Lipinski definition) is 1. The summed E-state index contributed by atoms with van der Waals surface area (Å²) in [7, 11) is 1.79. The van der Waals surface area contributed by atoms with Crippen LogP contribution in [-0.2, 0) is 19.4 Å². The average Bonchev–Trinajstić information content (AvgIpc) is 3.21. The first-order chi connectivity index (χ1) is 15.1. The molecule has 0 spiro atoms. The Labute approximate surface area is 179 Å². The zero-order chi connectivity index (χ0) is 21.1. The van der Waals surface area contributed by atoms with E-state index in [9.17, 15) is 9.18 Å². The third-order valence-corrected chi connectivity index (χ3v) is 6.89. The number of nitrogens with zero attached hydrogens (tertiary/aromatic N) is 4. The van der Waals surface area contributed by atoms with Crippen LogP contribution in [-0.4, -0.2) is 63.9 Å². The molecule has 31 heavy (non-hydrogen) atoms. The summed E-state index contributed by atoms with van der Waals surface area (Å²) in [5.74, 6) is -0.135. The molecule has 0 atom stereocenters. The van der Waals surface area contributed by atoms with Gasteiger partial charge in [0.1, 0.15) is 5.52 Å². The molecule has 3 aliphatic rings. The van der Waals surface area contributed by atoms with Crippen molar-refractivity contribution in [2.45, 2.75) is 19.4 Å². The summed E-state index contributed by atoms with van der Waals surface area (Å²) < 4.78 is 16.6. The van der Waals surface area contributed by atoms with E-state index >= 15 is 0 Å². The van der Waals surface area contributed by atoms with E-state index in [1.54, 1.807) is 11.9 Å². The molecule has 160 valence electrons. The molecule has 6 rings (SSSR count). The van der Waals surface area contributed by atoms with E-state index in [4.69, 9.17) is 0 Å². The maximum absolute atomic E-state index is 14.5. The molecule has 1 aromatic carbocycles. The average molecular weight is 420 g/mol. The van der Waals surface area contributed by atoms with E-state index < -0.39 is 0 Å². The fourth-order valence-corrected chi connectivity index (χ4v) is 5.27. The molecule has 6 nitrogen and oxygen atoms in total. The van der Waals surface area contributed by atoms with E-state index in [1.807, 2.05) is 18.2 Å². The summed E-state index contributed by atoms with van der Waals surface area (Å²) in [6.07, 6.45) is 5.88. The standard InChI is InChI=1S/C24H26FN5O/c1-27-8-2-3-20(23(27)25)29-11-9-28(10-12-29)15-16-13-17-4-5-18-6-7-21-24(31)26-19(14-16)22(17)30(18)21/h2-3,6-7,13-14H,4-5,8-12,15H2,1H3,(H,26,31). The Hall–Kier alpha value is -3.06. The largest absolute Gasteiger partial charge is 0.365 e. The van der Waals surface area contributed by atoms with E-state index in [0.717, 1.165) is 62.1 Å². The van der Waals surface area contributed by atoms with Crippen LogP contribution < -0.4 is 5.56 Å². The maximum Gasteiger partial charge on any atom is 0.272 e. The van der Waals surface area contributed by atoms with Gasteiger partial charge in [-0.1, -0.05) is 12.1 Å². The first kappa shape index (κ1) is 18.7. The van der Waals surface area contributed by atoms with Crippen LogP contribution in [0.15, 0.2) is 52.9 Å². The summed E-state index contributed by atoms with van der Waals surface area (Å²) in [5.41, 5.74) is 7.21. The van der Waals surface area contributed by atoms with E-state index in [0.29, 0.717) is 12.2 Å². The van der Waals surface area contributed by atoms with Crippen LogP contribution in [0.4, 0.5) is 4.39 Å². The summed E-state index contributed by atoms with van der Waals surface area (Å²) >= 11 is 0. The zero-order valence-corrected chi connectivity index (χ0v) is 17.7. The van der Waals surface area contributed by atoms with Gasteiger partial charge in [-0.15, -0.1) is 0 Å². The van der Waals surface area contributed by atoms with Crippen LogP contribution in [0.25, 0.3) is 16.6 Å². The second kappa shape index (κ2) is 6.99. The molecule has 2 aromatic heterocycles. The first-order valence-electron chi connectivity index (χ1n) is 11.0. The maximum atomic E-state index is 14.5. The number of allylic oxidation sites excluding steroid dienone is 1. The minimum atomic E-state index is -0.135. The van der Waals surface area contributed by atoms with Crippen molar-refractivity contribution in [3.63, 3.8) is 0 Å². The van der Waals surface area contributed by atoms with Gasteiger partial charge in [-0.2, -0.15) is 4.39 Å². The predicted octanol–water partition coefficient (Wildman–Crippen LogP) is 2.64. The highest BCUT2D eigenvalue weighted by molar-refractivity contribution is 5.83. The van der Waals surface area contributed by atoms with Crippen LogP contribution in [0, 0.1) is 0 Å². The van der Waals surface area contributed by atoms with Gasteiger partial charge in [-0.25, -0.2) is 0 Å². The molecule has 7 heteroatoms. The van der Waals surface area contributed by atoms with Crippen molar-refractivity contribution in [2.75, 3.05) is 39.8 Å². The molecule has 5 heterocycles. The van der Waals surface area contributed by atoms with Crippen LogP contribution in [0.5, 0.6) is 0 Å². The van der Waals surface area contributed by atoms with Gasteiger partial charge in [0.2, 0.25) is 5.95 Å². The van der Waals surface area contributed by atoms with Gasteiger partial charge in [-0.3, -0.25) is 9.69 Å². The number of aromatic nitrogens is 2. The van der Waals surface area contributed by atoms with Crippen molar-refractivity contribution < 1.29 is 4.39 Å². The minimum Gasteiger partial charge on any atom is -0.365 e. The number of halogens is 1. The Morgan fingerprint density at radius 3 is 2.77 bits per heavy atom. The van der Waals surface area contributed by atoms with Crippen molar-refractivity contribution in [3.8, 4) is 0 Å². The van der Waals surface area contributed by atoms with E-state index in [1.165, 1.54) is 16.8 Å². The van der Waals surface area contributed by atoms with Gasteiger partial charge in [0, 0.05) is 52.0 Å². The van der Waals surface area contributed by atoms with Gasteiger partial charge >= 0.3 is 0 Å². The molecule has 0 saturated carbocycles. The van der Waals surface area contributed by atoms with Crippen molar-refractivity contribution >= 4 is 16.6 Å². The molecule has 0 amide bonds. The number of rotatable bonds is 3. The highest BCUT2D eigenvalue weighted by Crippen LogP contribution is 2.28. The normalized spacial score (nSPS) is 19.4. The Kier molecular flexibility index (Phi) is 4.21. The van der Waals surface area contributed by atoms with Crippen LogP contribution in [0.3, 0.4) is 0 Å². The number of aryl methyl sites for hydroxylation is 2. The third kappa shape index (κ3) is 2.98. The molecule has 3 aromatic rings. The monoisotopic (exact) mass is 419 g/mol. The molecule has 1 saturated heterocycles. The highest BCUT2D eigenvalue weighted by atomic mass is 19.1. The fourth-order valence-electron chi connectivity index (χ4n) is 5.27. The predicted molar refractivity (Wildman–Crippen MR) is 120 cm³/mol. The SMILES string of the molecule is CN1CC=CC(N2CCN(Cc3cc4c5c(c3)[nH]c(=O)c3ccc(n35)CC4)CC2)=C1F. The van der Waals surface area contributed by atoms with Crippen LogP contribution >= 0.6 is 0 Å². The Morgan fingerprint density at radius 1 is 1.10 bits per heavy atom. The van der Waals surface area contributed by atoms with Crippen molar-refractivity contribution in [3.05, 3.63) is 75.2 Å². The lowest BCUT2D eigenvalue weighted by molar-refractivity contribution is 0.147. The number of H-pyrrole nitrogens is 1. The number of benzene rings is 1. The second-order valence-corrected chi connectivity index (χ2v) is 8.87. The van der Waals surface area contributed by atoms with Crippen molar-refractivity contribution in [2.24, 2.45) is 0 Å². The molecular formula is C24H26FN5O. The number of aromatic amines is 1. The quantitative estimate of drug-likeness (QED) is 0.663. The lowest BCUT2D eigenvalue weighted by Crippen LogP contribution is -2.46. The summed E-state index contributed by atoms with van der Waals surface area (Å²) in [4.78, 5) is 21.8. The lowest BCUT2D eigenvalue weighted by Gasteiger charge is -2.38. The molecule has 0 bridgehead atoms. The molecule has 0 radical (unpaired) electrons. The zero-order valence-electron chi connectivity index (χ0n) is 17.7. The van der Waals surface area contributed by atoms with E-state index in [-0.39, 0.29) is 11.5 Å². The van der Waals surface area contributed by atoms with Gasteiger partial charge in [0.15, 0.2) is 0 Å². The molecule has 1 fully saturated rings. The topological polar surface area (TPSA) is 47.0 Å². The van der Waals surface area contributed by atoms with E-state index in [2.05, 4.69) is 37.4 Å². The molecule has 3 aliphatic heterocycles. The van der Waals surface area contributed by atoms with Gasteiger partial charge in [0.25, 0.3) is 5.56 Å². The van der Waals surface area contributed by atoms with Gasteiger partial charge < -0.3 is 19.2 Å². The highest BCUT2D eigenvalue weighted by Gasteiger charge is 2.24. The number of likely N-dealkylation sites (N-methyl/N-ethyl adjacent to an activating group) is 1. The van der Waals surface area contributed by atoms with Gasteiger partial charge in [-0.05, 0) is 48.2 Å². The number of nitrogens with one attached hydrogen (secondary N) is 1. The Morgan fingerprint density at radius 2 is 1.94 bits per heavy atom. The summed E-state index contributed by atoms with van der Waals surface area (Å²) in [6.45, 7) is 4.86. The van der Waals surface area contributed by atoms with Gasteiger partial charge in [0.05, 0.1) is 16.7 Å².